The summed E-state index contributed by atoms with van der Waals surface area (Å²) in [7, 11) is 1.34. The van der Waals surface area contributed by atoms with Gasteiger partial charge < -0.3 is 29.6 Å². The Labute approximate surface area is 162 Å². The molecule has 1 aromatic carbocycles. The number of benzene rings is 1. The maximum Gasteiger partial charge on any atom is 0.307 e. The normalized spacial score (nSPS) is 21.4. The summed E-state index contributed by atoms with van der Waals surface area (Å²) < 4.78 is 21.2. The number of nitrogens with one attached hydrogen (secondary N) is 2. The number of carbonyl (C=O) groups excluding carboxylic acids is 2. The van der Waals surface area contributed by atoms with Gasteiger partial charge in [0.05, 0.1) is 42.9 Å². The number of rotatable bonds is 6. The highest BCUT2D eigenvalue weighted by atomic mass is 35.5. The van der Waals surface area contributed by atoms with Crippen LogP contribution in [0.4, 0.5) is 5.69 Å². The minimum atomic E-state index is -0.612. The molecule has 2 heterocycles. The second-order valence-corrected chi connectivity index (χ2v) is 6.97. The van der Waals surface area contributed by atoms with Crippen LogP contribution in [0.1, 0.15) is 19.3 Å². The number of hydrogen-bond donors (Lipinski definition) is 2. The molecule has 1 fully saturated rings. The summed E-state index contributed by atoms with van der Waals surface area (Å²) in [5.74, 6) is 0.460. The van der Waals surface area contributed by atoms with E-state index in [1.165, 1.54) is 7.11 Å². The van der Waals surface area contributed by atoms with Crippen molar-refractivity contribution in [1.29, 1.82) is 0 Å². The average Bonchev–Trinajstić information content (AvgIpc) is 2.68. The topological polar surface area (TPSA) is 95.1 Å². The van der Waals surface area contributed by atoms with Crippen molar-refractivity contribution in [3.63, 3.8) is 0 Å². The molecule has 0 aliphatic carbocycles. The van der Waals surface area contributed by atoms with Gasteiger partial charge in [-0.3, -0.25) is 9.59 Å². The zero-order valence-corrected chi connectivity index (χ0v) is 15.9. The largest absolute Gasteiger partial charge is 0.486 e. The van der Waals surface area contributed by atoms with Gasteiger partial charge in [0.2, 0.25) is 5.91 Å². The van der Waals surface area contributed by atoms with E-state index < -0.39 is 5.54 Å². The quantitative estimate of drug-likeness (QED) is 0.705. The fourth-order valence-corrected chi connectivity index (χ4v) is 3.36. The van der Waals surface area contributed by atoms with Crippen molar-refractivity contribution in [1.82, 2.24) is 5.32 Å². The fraction of sp³-hybridized carbons (Fsp3) is 0.556. The lowest BCUT2D eigenvalue weighted by molar-refractivity contribution is -0.144. The number of anilines is 1. The van der Waals surface area contributed by atoms with Crippen LogP contribution in [-0.2, 0) is 19.1 Å². The summed E-state index contributed by atoms with van der Waals surface area (Å²) in [6.07, 6.45) is 1.67. The van der Waals surface area contributed by atoms with E-state index in [4.69, 9.17) is 30.5 Å². The summed E-state index contributed by atoms with van der Waals surface area (Å²) in [5, 5.41) is 6.28. The zero-order valence-electron chi connectivity index (χ0n) is 15.1. The van der Waals surface area contributed by atoms with Crippen molar-refractivity contribution in [2.45, 2.75) is 24.8 Å². The Hall–Kier alpha value is -2.03. The van der Waals surface area contributed by atoms with Crippen LogP contribution in [0.5, 0.6) is 11.5 Å². The molecule has 0 saturated carbocycles. The van der Waals surface area contributed by atoms with Gasteiger partial charge in [0.15, 0.2) is 11.5 Å². The van der Waals surface area contributed by atoms with Crippen LogP contribution < -0.4 is 20.1 Å². The Morgan fingerprint density at radius 3 is 2.63 bits per heavy atom. The number of fused-ring (bicyclic) bond motifs is 1. The van der Waals surface area contributed by atoms with Gasteiger partial charge in [-0.1, -0.05) is 11.6 Å². The van der Waals surface area contributed by atoms with E-state index in [0.717, 1.165) is 12.8 Å². The molecule has 1 atom stereocenters. The van der Waals surface area contributed by atoms with E-state index in [1.54, 1.807) is 12.1 Å². The van der Waals surface area contributed by atoms with Crippen LogP contribution in [0, 0.1) is 0 Å². The molecule has 2 N–H and O–H groups in total. The number of hydrogen-bond acceptors (Lipinski definition) is 7. The predicted octanol–water partition coefficient (Wildman–Crippen LogP) is 1.75. The molecule has 0 radical (unpaired) electrons. The molecule has 9 heteroatoms. The first-order valence-electron chi connectivity index (χ1n) is 8.80. The number of esters is 1. The van der Waals surface area contributed by atoms with Crippen LogP contribution in [-0.4, -0.2) is 57.5 Å². The maximum absolute atomic E-state index is 12.4. The molecule has 148 valence electrons. The van der Waals surface area contributed by atoms with Crippen molar-refractivity contribution in [2.75, 3.05) is 45.4 Å². The van der Waals surface area contributed by atoms with Gasteiger partial charge in [0, 0.05) is 18.7 Å². The first kappa shape index (κ1) is 19.7. The van der Waals surface area contributed by atoms with Gasteiger partial charge >= 0.3 is 5.97 Å². The van der Waals surface area contributed by atoms with E-state index in [9.17, 15) is 9.59 Å². The second-order valence-electron chi connectivity index (χ2n) is 6.57. The van der Waals surface area contributed by atoms with E-state index in [2.05, 4.69) is 10.6 Å². The average molecular weight is 399 g/mol. The number of methoxy groups -OCH3 is 1. The summed E-state index contributed by atoms with van der Waals surface area (Å²) in [5.41, 5.74) is -0.172. The lowest BCUT2D eigenvalue weighted by Gasteiger charge is -2.37. The van der Waals surface area contributed by atoms with Gasteiger partial charge in [-0.2, -0.15) is 0 Å². The van der Waals surface area contributed by atoms with Gasteiger partial charge in [-0.05, 0) is 12.8 Å². The molecule has 0 bridgehead atoms. The summed E-state index contributed by atoms with van der Waals surface area (Å²) in [4.78, 5) is 24.2. The summed E-state index contributed by atoms with van der Waals surface area (Å²) in [6, 6.07) is 3.26. The first-order chi connectivity index (χ1) is 13.0. The highest BCUT2D eigenvalue weighted by molar-refractivity contribution is 6.34. The van der Waals surface area contributed by atoms with E-state index in [-0.39, 0.29) is 24.8 Å². The van der Waals surface area contributed by atoms with Gasteiger partial charge in [0.25, 0.3) is 0 Å². The molecule has 1 unspecified atom stereocenters. The third-order valence-electron chi connectivity index (χ3n) is 4.56. The molecule has 1 aromatic rings. The standard InChI is InChI=1S/C18H23ClN2O6/c1-24-17(23)9-18(3-2-4-25-11-18)20-10-16(22)21-13-8-15-14(7-12(13)19)26-5-6-27-15/h7-8,20H,2-6,9-11H2,1H3,(H,21,22). The highest BCUT2D eigenvalue weighted by Gasteiger charge is 2.35. The Morgan fingerprint density at radius 1 is 1.22 bits per heavy atom. The van der Waals surface area contributed by atoms with Crippen LogP contribution in [0.2, 0.25) is 5.02 Å². The Balaban J connectivity index is 1.62. The van der Waals surface area contributed by atoms with E-state index in [1.807, 2.05) is 0 Å². The Kier molecular flexibility index (Phi) is 6.41. The van der Waals surface area contributed by atoms with Crippen molar-refractivity contribution in [2.24, 2.45) is 0 Å². The van der Waals surface area contributed by atoms with Gasteiger partial charge in [-0.15, -0.1) is 0 Å². The number of amides is 1. The zero-order chi connectivity index (χ0) is 19.3. The highest BCUT2D eigenvalue weighted by Crippen LogP contribution is 2.37. The predicted molar refractivity (Wildman–Crippen MR) is 98.5 cm³/mol. The molecule has 0 aromatic heterocycles. The fourth-order valence-electron chi connectivity index (χ4n) is 3.16. The minimum absolute atomic E-state index is 0.00508. The third-order valence-corrected chi connectivity index (χ3v) is 4.88. The summed E-state index contributed by atoms with van der Waals surface area (Å²) in [6.45, 7) is 1.90. The minimum Gasteiger partial charge on any atom is -0.486 e. The number of ether oxygens (including phenoxy) is 4. The molecule has 8 nitrogen and oxygen atoms in total. The molecular formula is C18H23ClN2O6. The van der Waals surface area contributed by atoms with Crippen LogP contribution >= 0.6 is 11.6 Å². The molecule has 1 amide bonds. The monoisotopic (exact) mass is 398 g/mol. The van der Waals surface area contributed by atoms with Crippen molar-refractivity contribution in [3.8, 4) is 11.5 Å². The Morgan fingerprint density at radius 2 is 1.96 bits per heavy atom. The van der Waals surface area contributed by atoms with Gasteiger partial charge in [-0.25, -0.2) is 0 Å². The van der Waals surface area contributed by atoms with Crippen LogP contribution in [0.15, 0.2) is 12.1 Å². The Bertz CT molecular complexity index is 705. The third kappa shape index (κ3) is 5.03. The summed E-state index contributed by atoms with van der Waals surface area (Å²) >= 11 is 6.22. The van der Waals surface area contributed by atoms with Crippen molar-refractivity contribution < 1.29 is 28.5 Å². The van der Waals surface area contributed by atoms with E-state index >= 15 is 0 Å². The molecule has 2 aliphatic heterocycles. The molecule has 1 saturated heterocycles. The van der Waals surface area contributed by atoms with Crippen LogP contribution in [0.25, 0.3) is 0 Å². The lowest BCUT2D eigenvalue weighted by Crippen LogP contribution is -2.55. The number of halogens is 1. The van der Waals surface area contributed by atoms with E-state index in [0.29, 0.717) is 48.6 Å². The first-order valence-corrected chi connectivity index (χ1v) is 9.18. The smallest absolute Gasteiger partial charge is 0.307 e. The molecule has 0 spiro atoms. The molecule has 27 heavy (non-hydrogen) atoms. The molecular weight excluding hydrogens is 376 g/mol. The lowest BCUT2D eigenvalue weighted by atomic mass is 9.88. The van der Waals surface area contributed by atoms with Crippen LogP contribution in [0.3, 0.4) is 0 Å². The maximum atomic E-state index is 12.4. The van der Waals surface area contributed by atoms with Crippen molar-refractivity contribution >= 4 is 29.2 Å². The van der Waals surface area contributed by atoms with Crippen molar-refractivity contribution in [3.05, 3.63) is 17.2 Å². The molecule has 2 aliphatic rings. The SMILES string of the molecule is COC(=O)CC1(NCC(=O)Nc2cc3c(cc2Cl)OCCO3)CCCOC1. The van der Waals surface area contributed by atoms with Gasteiger partial charge in [0.1, 0.15) is 13.2 Å². The molecule has 3 rings (SSSR count). The second kappa shape index (κ2) is 8.77. The number of carbonyl (C=O) groups is 2.